The highest BCUT2D eigenvalue weighted by molar-refractivity contribution is 8.26. The fraction of sp³-hybridized carbons (Fsp3) is 0.318. The molecule has 1 aliphatic heterocycles. The number of thioether (sulfide) groups is 1. The lowest BCUT2D eigenvalue weighted by atomic mass is 10.2. The van der Waals surface area contributed by atoms with Crippen molar-refractivity contribution < 1.29 is 14.0 Å². The van der Waals surface area contributed by atoms with Crippen LogP contribution >= 0.6 is 35.6 Å². The van der Waals surface area contributed by atoms with Crippen LogP contribution in [0.5, 0.6) is 0 Å². The maximum atomic E-state index is 12.7. The number of carbonyl (C=O) groups excluding carboxylic acids is 2. The molecule has 1 atom stereocenters. The van der Waals surface area contributed by atoms with Gasteiger partial charge < -0.3 is 9.73 Å². The minimum Gasteiger partial charge on any atom is -0.468 e. The van der Waals surface area contributed by atoms with E-state index in [0.717, 1.165) is 11.3 Å². The van der Waals surface area contributed by atoms with Crippen molar-refractivity contribution in [2.75, 3.05) is 27.2 Å². The van der Waals surface area contributed by atoms with Crippen LogP contribution in [-0.2, 0) is 9.59 Å². The number of amides is 2. The van der Waals surface area contributed by atoms with Crippen LogP contribution in [-0.4, -0.2) is 53.1 Å². The maximum absolute atomic E-state index is 12.7. The topological polar surface area (TPSA) is 65.8 Å². The average Bonchev–Trinajstić information content (AvgIpc) is 3.34. The number of carbonyl (C=O) groups is 2. The van der Waals surface area contributed by atoms with E-state index in [1.54, 1.807) is 29.4 Å². The molecule has 6 nitrogen and oxygen atoms in total. The van der Waals surface area contributed by atoms with Gasteiger partial charge in [-0.3, -0.25) is 19.4 Å². The number of hydrogen-bond acceptors (Lipinski definition) is 6. The first-order chi connectivity index (χ1) is 14.8. The third-order valence-corrected chi connectivity index (χ3v) is 6.44. The number of furan rings is 1. The summed E-state index contributed by atoms with van der Waals surface area (Å²) in [5.74, 6) is 0.603. The smallest absolute Gasteiger partial charge is 0.266 e. The van der Waals surface area contributed by atoms with E-state index in [4.69, 9.17) is 28.2 Å². The van der Waals surface area contributed by atoms with Crippen molar-refractivity contribution in [3.8, 4) is 0 Å². The molecular formula is C22H24ClN3O3S2. The highest BCUT2D eigenvalue weighted by Crippen LogP contribution is 2.32. The molecule has 1 saturated heterocycles. The molecular weight excluding hydrogens is 454 g/mol. The molecule has 1 unspecified atom stereocenters. The van der Waals surface area contributed by atoms with E-state index in [2.05, 4.69) is 5.32 Å². The quantitative estimate of drug-likeness (QED) is 0.428. The summed E-state index contributed by atoms with van der Waals surface area (Å²) in [6.45, 7) is 0.857. The fourth-order valence-electron chi connectivity index (χ4n) is 3.12. The van der Waals surface area contributed by atoms with Crippen molar-refractivity contribution >= 4 is 57.8 Å². The minimum absolute atomic E-state index is 0.0383. The van der Waals surface area contributed by atoms with Gasteiger partial charge in [-0.25, -0.2) is 0 Å². The van der Waals surface area contributed by atoms with Gasteiger partial charge in [0.05, 0.1) is 17.2 Å². The Balaban J connectivity index is 1.47. The average molecular weight is 478 g/mol. The Kier molecular flexibility index (Phi) is 8.31. The summed E-state index contributed by atoms with van der Waals surface area (Å²) >= 11 is 12.5. The summed E-state index contributed by atoms with van der Waals surface area (Å²) in [7, 11) is 3.87. The van der Waals surface area contributed by atoms with E-state index in [1.807, 2.05) is 43.3 Å². The largest absolute Gasteiger partial charge is 0.468 e. The number of hydrogen-bond donors (Lipinski definition) is 1. The van der Waals surface area contributed by atoms with Gasteiger partial charge in [0.1, 0.15) is 10.1 Å². The summed E-state index contributed by atoms with van der Waals surface area (Å²) in [6.07, 6.45) is 4.26. The Hall–Kier alpha value is -2.13. The van der Waals surface area contributed by atoms with Crippen LogP contribution in [0, 0.1) is 0 Å². The van der Waals surface area contributed by atoms with Crippen molar-refractivity contribution in [1.29, 1.82) is 0 Å². The van der Waals surface area contributed by atoms with Crippen LogP contribution in [0.1, 0.15) is 30.2 Å². The highest BCUT2D eigenvalue weighted by Gasteiger charge is 2.31. The monoisotopic (exact) mass is 477 g/mol. The minimum atomic E-state index is -0.129. The second kappa shape index (κ2) is 10.9. The number of benzene rings is 1. The van der Waals surface area contributed by atoms with Gasteiger partial charge in [0.25, 0.3) is 5.91 Å². The SMILES string of the molecule is CN(C)C(CNC(=O)CCCN1C(=O)/C(=C/c2ccc(Cl)cc2)SC1=S)c1ccco1. The number of likely N-dealkylation sites (N-methyl/N-ethyl adjacent to an activating group) is 1. The molecule has 2 aromatic rings. The number of nitrogens with one attached hydrogen (secondary N) is 1. The summed E-state index contributed by atoms with van der Waals surface area (Å²) in [4.78, 5) is 29.1. The van der Waals surface area contributed by atoms with E-state index >= 15 is 0 Å². The highest BCUT2D eigenvalue weighted by atomic mass is 35.5. The zero-order valence-corrected chi connectivity index (χ0v) is 19.7. The molecule has 1 aromatic carbocycles. The Labute approximate surface area is 196 Å². The summed E-state index contributed by atoms with van der Waals surface area (Å²) in [5, 5.41) is 3.58. The molecule has 2 heterocycles. The van der Waals surface area contributed by atoms with Crippen LogP contribution in [0.2, 0.25) is 5.02 Å². The Morgan fingerprint density at radius 3 is 2.71 bits per heavy atom. The van der Waals surface area contributed by atoms with Crippen molar-refractivity contribution in [2.24, 2.45) is 0 Å². The molecule has 164 valence electrons. The Bertz CT molecular complexity index is 959. The fourth-order valence-corrected chi connectivity index (χ4v) is 4.55. The van der Waals surface area contributed by atoms with E-state index in [-0.39, 0.29) is 17.9 Å². The number of halogens is 1. The molecule has 9 heteroatoms. The van der Waals surface area contributed by atoms with E-state index in [0.29, 0.717) is 40.2 Å². The molecule has 1 aromatic heterocycles. The van der Waals surface area contributed by atoms with Gasteiger partial charge in [-0.05, 0) is 56.4 Å². The van der Waals surface area contributed by atoms with E-state index in [1.165, 1.54) is 11.8 Å². The predicted molar refractivity (Wildman–Crippen MR) is 129 cm³/mol. The first-order valence-electron chi connectivity index (χ1n) is 9.82. The van der Waals surface area contributed by atoms with Gasteiger partial charge in [0.2, 0.25) is 5.91 Å². The van der Waals surface area contributed by atoms with E-state index < -0.39 is 0 Å². The van der Waals surface area contributed by atoms with E-state index in [9.17, 15) is 9.59 Å². The molecule has 1 N–H and O–H groups in total. The lowest BCUT2D eigenvalue weighted by Crippen LogP contribution is -2.35. The summed E-state index contributed by atoms with van der Waals surface area (Å²) in [5.41, 5.74) is 0.885. The second-order valence-electron chi connectivity index (χ2n) is 7.29. The maximum Gasteiger partial charge on any atom is 0.266 e. The second-order valence-corrected chi connectivity index (χ2v) is 9.40. The third kappa shape index (κ3) is 6.43. The van der Waals surface area contributed by atoms with Crippen LogP contribution in [0.15, 0.2) is 52.0 Å². The third-order valence-electron chi connectivity index (χ3n) is 4.81. The molecule has 0 aliphatic carbocycles. The lowest BCUT2D eigenvalue weighted by Gasteiger charge is -2.22. The first-order valence-corrected chi connectivity index (χ1v) is 11.4. The van der Waals surface area contributed by atoms with Gasteiger partial charge >= 0.3 is 0 Å². The van der Waals surface area contributed by atoms with Crippen molar-refractivity contribution in [3.63, 3.8) is 0 Å². The lowest BCUT2D eigenvalue weighted by molar-refractivity contribution is -0.124. The van der Waals surface area contributed by atoms with Gasteiger partial charge in [-0.2, -0.15) is 0 Å². The van der Waals surface area contributed by atoms with Gasteiger partial charge in [0.15, 0.2) is 0 Å². The number of nitrogens with zero attached hydrogens (tertiary/aromatic N) is 2. The summed E-state index contributed by atoms with van der Waals surface area (Å²) in [6, 6.07) is 10.9. The molecule has 1 aliphatic rings. The van der Waals surface area contributed by atoms with Crippen molar-refractivity contribution in [3.05, 3.63) is 63.9 Å². The predicted octanol–water partition coefficient (Wildman–Crippen LogP) is 4.33. The molecule has 0 bridgehead atoms. The van der Waals surface area contributed by atoms with Crippen LogP contribution in [0.3, 0.4) is 0 Å². The Morgan fingerprint density at radius 2 is 2.06 bits per heavy atom. The molecule has 31 heavy (non-hydrogen) atoms. The van der Waals surface area contributed by atoms with Crippen molar-refractivity contribution in [2.45, 2.75) is 18.9 Å². The van der Waals surface area contributed by atoms with Gasteiger partial charge in [0, 0.05) is 24.5 Å². The molecule has 1 fully saturated rings. The molecule has 0 spiro atoms. The zero-order chi connectivity index (χ0) is 22.4. The molecule has 0 radical (unpaired) electrons. The molecule has 2 amide bonds. The van der Waals surface area contributed by atoms with Gasteiger partial charge in [-0.1, -0.05) is 47.7 Å². The van der Waals surface area contributed by atoms with Gasteiger partial charge in [-0.15, -0.1) is 0 Å². The number of thiocarbonyl (C=S) groups is 1. The normalized spacial score (nSPS) is 16.4. The summed E-state index contributed by atoms with van der Waals surface area (Å²) < 4.78 is 5.96. The van der Waals surface area contributed by atoms with Crippen LogP contribution < -0.4 is 5.32 Å². The van der Waals surface area contributed by atoms with Crippen LogP contribution in [0.25, 0.3) is 6.08 Å². The van der Waals surface area contributed by atoms with Crippen molar-refractivity contribution in [1.82, 2.24) is 15.1 Å². The standard InChI is InChI=1S/C22H24ClN3O3S2/c1-25(2)17(18-5-4-12-29-18)14-24-20(27)6-3-11-26-21(28)19(31-22(26)30)13-15-7-9-16(23)10-8-15/h4-5,7-10,12-13,17H,3,6,11,14H2,1-2H3,(H,24,27)/b19-13-. The Morgan fingerprint density at radius 1 is 1.32 bits per heavy atom. The first kappa shape index (κ1) is 23.5. The molecule has 0 saturated carbocycles. The number of rotatable bonds is 9. The van der Waals surface area contributed by atoms with Crippen LogP contribution in [0.4, 0.5) is 0 Å². The zero-order valence-electron chi connectivity index (χ0n) is 17.3. The molecule has 3 rings (SSSR count).